The minimum atomic E-state index is -0.620. The summed E-state index contributed by atoms with van der Waals surface area (Å²) in [4.78, 5) is 34.4. The van der Waals surface area contributed by atoms with Gasteiger partial charge in [0.15, 0.2) is 0 Å². The van der Waals surface area contributed by atoms with Gasteiger partial charge in [-0.3, -0.25) is 9.59 Å². The normalized spacial score (nSPS) is 11.0. The van der Waals surface area contributed by atoms with Crippen molar-refractivity contribution < 1.29 is 23.9 Å². The smallest absolute Gasteiger partial charge is 0.407 e. The average Bonchev–Trinajstić information content (AvgIpc) is 2.72. The first-order valence-corrected chi connectivity index (χ1v) is 10.3. The summed E-state index contributed by atoms with van der Waals surface area (Å²) in [5, 5.41) is 5.41. The van der Waals surface area contributed by atoms with Crippen molar-refractivity contribution in [2.24, 2.45) is 5.73 Å². The number of benzene rings is 1. The number of nitrogens with two attached hydrogens (primary N) is 1. The van der Waals surface area contributed by atoms with Crippen LogP contribution in [0.25, 0.3) is 0 Å². The molecular formula is C19H30ClN3O5S. The highest BCUT2D eigenvalue weighted by atomic mass is 35.5. The zero-order valence-corrected chi connectivity index (χ0v) is 18.2. The van der Waals surface area contributed by atoms with Crippen LogP contribution in [0.3, 0.4) is 0 Å². The molecule has 1 atom stereocenters. The molecule has 1 rings (SSSR count). The van der Waals surface area contributed by atoms with E-state index in [1.807, 2.05) is 30.3 Å². The Labute approximate surface area is 182 Å². The molecule has 8 nitrogen and oxygen atoms in total. The van der Waals surface area contributed by atoms with Crippen LogP contribution < -0.4 is 16.4 Å². The Kier molecular flexibility index (Phi) is 15.8. The summed E-state index contributed by atoms with van der Waals surface area (Å²) >= 11 is 1.46. The van der Waals surface area contributed by atoms with Crippen LogP contribution in [0.5, 0.6) is 0 Å². The maximum atomic E-state index is 11.9. The summed E-state index contributed by atoms with van der Waals surface area (Å²) in [6, 6.07) is 8.79. The van der Waals surface area contributed by atoms with Gasteiger partial charge in [-0.05, 0) is 30.6 Å². The highest BCUT2D eigenvalue weighted by Gasteiger charge is 2.12. The Bertz CT molecular complexity index is 607. The maximum Gasteiger partial charge on any atom is 0.407 e. The molecule has 0 aliphatic rings. The molecule has 0 spiro atoms. The number of thioether (sulfide) groups is 1. The van der Waals surface area contributed by atoms with Gasteiger partial charge in [0.1, 0.15) is 6.61 Å². The van der Waals surface area contributed by atoms with Gasteiger partial charge in [0.2, 0.25) is 5.91 Å². The second-order valence-electron chi connectivity index (χ2n) is 6.01. The van der Waals surface area contributed by atoms with E-state index in [2.05, 4.69) is 15.4 Å². The molecule has 0 fully saturated rings. The molecule has 164 valence electrons. The molecule has 0 radical (unpaired) electrons. The van der Waals surface area contributed by atoms with Crippen molar-refractivity contribution in [3.05, 3.63) is 35.9 Å². The Hall–Kier alpha value is -1.97. The molecule has 0 bridgehead atoms. The number of rotatable bonds is 13. The fourth-order valence-corrected chi connectivity index (χ4v) is 2.93. The number of carbonyl (C=O) groups is 3. The minimum Gasteiger partial charge on any atom is -0.468 e. The zero-order chi connectivity index (χ0) is 20.6. The Balaban J connectivity index is 0.00000784. The number of hydrogen-bond donors (Lipinski definition) is 3. The van der Waals surface area contributed by atoms with E-state index in [1.165, 1.54) is 18.9 Å². The van der Waals surface area contributed by atoms with Gasteiger partial charge in [-0.2, -0.15) is 11.8 Å². The van der Waals surface area contributed by atoms with Gasteiger partial charge in [-0.1, -0.05) is 30.3 Å². The molecule has 29 heavy (non-hydrogen) atoms. The van der Waals surface area contributed by atoms with Crippen molar-refractivity contribution in [3.63, 3.8) is 0 Å². The number of ether oxygens (including phenoxy) is 2. The molecule has 1 aromatic rings. The highest BCUT2D eigenvalue weighted by Crippen LogP contribution is 2.03. The van der Waals surface area contributed by atoms with E-state index >= 15 is 0 Å². The number of methoxy groups -OCH3 is 1. The molecule has 1 aromatic carbocycles. The number of halogens is 1. The standard InChI is InChI=1S/C19H29N3O5S.ClH/c1-26-17(23)14-28-12-6-11-21-18(24)16(20)9-5-10-22-19(25)27-13-15-7-3-2-4-8-15;/h2-4,7-8,16H,5-6,9-14,20H2,1H3,(H,21,24)(H,22,25);1H/t16-;/m0./s1. The minimum absolute atomic E-state index is 0. The molecule has 10 heteroatoms. The van der Waals surface area contributed by atoms with Crippen molar-refractivity contribution >= 4 is 42.1 Å². The molecule has 0 saturated carbocycles. The van der Waals surface area contributed by atoms with Crippen LogP contribution in [0.2, 0.25) is 0 Å². The van der Waals surface area contributed by atoms with Gasteiger partial charge in [0, 0.05) is 13.1 Å². The van der Waals surface area contributed by atoms with Crippen molar-refractivity contribution in [2.45, 2.75) is 31.9 Å². The van der Waals surface area contributed by atoms with E-state index in [4.69, 9.17) is 10.5 Å². The number of alkyl carbamates (subject to hydrolysis) is 1. The SMILES string of the molecule is COC(=O)CSCCCNC(=O)[C@@H](N)CCCNC(=O)OCc1ccccc1.Cl. The fraction of sp³-hybridized carbons (Fsp3) is 0.526. The van der Waals surface area contributed by atoms with E-state index in [9.17, 15) is 14.4 Å². The van der Waals surface area contributed by atoms with Crippen LogP contribution in [-0.4, -0.2) is 55.7 Å². The van der Waals surface area contributed by atoms with Gasteiger partial charge in [-0.25, -0.2) is 4.79 Å². The van der Waals surface area contributed by atoms with E-state index in [1.54, 1.807) is 0 Å². The first-order valence-electron chi connectivity index (χ1n) is 9.15. The van der Waals surface area contributed by atoms with Gasteiger partial charge >= 0.3 is 12.1 Å². The quantitative estimate of drug-likeness (QED) is 0.312. The van der Waals surface area contributed by atoms with Crippen molar-refractivity contribution in [1.29, 1.82) is 0 Å². The van der Waals surface area contributed by atoms with Crippen LogP contribution in [0.15, 0.2) is 30.3 Å². The zero-order valence-electron chi connectivity index (χ0n) is 16.6. The van der Waals surface area contributed by atoms with Crippen LogP contribution >= 0.6 is 24.2 Å². The number of nitrogens with one attached hydrogen (secondary N) is 2. The van der Waals surface area contributed by atoms with Gasteiger partial charge in [-0.15, -0.1) is 12.4 Å². The molecule has 0 saturated heterocycles. The molecule has 0 aromatic heterocycles. The van der Waals surface area contributed by atoms with Gasteiger partial charge < -0.3 is 25.8 Å². The molecule has 0 aliphatic heterocycles. The van der Waals surface area contributed by atoms with E-state index in [0.29, 0.717) is 31.7 Å². The van der Waals surface area contributed by atoms with Crippen LogP contribution in [0.1, 0.15) is 24.8 Å². The van der Waals surface area contributed by atoms with Crippen molar-refractivity contribution in [3.8, 4) is 0 Å². The third-order valence-corrected chi connectivity index (χ3v) is 4.74. The van der Waals surface area contributed by atoms with Crippen LogP contribution in [-0.2, 0) is 25.7 Å². The summed E-state index contributed by atoms with van der Waals surface area (Å²) < 4.78 is 9.64. The third kappa shape index (κ3) is 13.8. The first-order chi connectivity index (χ1) is 13.5. The summed E-state index contributed by atoms with van der Waals surface area (Å²) in [5.41, 5.74) is 6.76. The lowest BCUT2D eigenvalue weighted by Crippen LogP contribution is -2.41. The summed E-state index contributed by atoms with van der Waals surface area (Å²) in [6.07, 6.45) is 1.28. The van der Waals surface area contributed by atoms with Crippen LogP contribution in [0, 0.1) is 0 Å². The van der Waals surface area contributed by atoms with Crippen molar-refractivity contribution in [2.75, 3.05) is 31.7 Å². The number of carbonyl (C=O) groups excluding carboxylic acids is 3. The predicted molar refractivity (Wildman–Crippen MR) is 116 cm³/mol. The van der Waals surface area contributed by atoms with E-state index < -0.39 is 12.1 Å². The fourth-order valence-electron chi connectivity index (χ4n) is 2.15. The van der Waals surface area contributed by atoms with Crippen molar-refractivity contribution in [1.82, 2.24) is 10.6 Å². The second-order valence-corrected chi connectivity index (χ2v) is 7.12. The number of hydrogen-bond acceptors (Lipinski definition) is 7. The number of esters is 1. The van der Waals surface area contributed by atoms with E-state index in [0.717, 1.165) is 17.7 Å². The Morgan fingerprint density at radius 2 is 1.79 bits per heavy atom. The molecule has 2 amide bonds. The molecule has 0 heterocycles. The lowest BCUT2D eigenvalue weighted by atomic mass is 10.1. The lowest BCUT2D eigenvalue weighted by Gasteiger charge is -2.12. The Morgan fingerprint density at radius 1 is 1.10 bits per heavy atom. The summed E-state index contributed by atoms with van der Waals surface area (Å²) in [5.74, 6) is 0.586. The second kappa shape index (κ2) is 16.9. The maximum absolute atomic E-state index is 11.9. The highest BCUT2D eigenvalue weighted by molar-refractivity contribution is 7.99. The topological polar surface area (TPSA) is 120 Å². The predicted octanol–water partition coefficient (Wildman–Crippen LogP) is 1.85. The van der Waals surface area contributed by atoms with E-state index in [-0.39, 0.29) is 30.9 Å². The molecule has 0 aliphatic carbocycles. The average molecular weight is 448 g/mol. The Morgan fingerprint density at radius 3 is 2.48 bits per heavy atom. The lowest BCUT2D eigenvalue weighted by molar-refractivity contribution is -0.137. The van der Waals surface area contributed by atoms with Crippen LogP contribution in [0.4, 0.5) is 4.79 Å². The summed E-state index contributed by atoms with van der Waals surface area (Å²) in [7, 11) is 1.35. The van der Waals surface area contributed by atoms with Gasteiger partial charge in [0.25, 0.3) is 0 Å². The van der Waals surface area contributed by atoms with Gasteiger partial charge in [0.05, 0.1) is 18.9 Å². The molecule has 0 unspecified atom stereocenters. The number of amides is 2. The monoisotopic (exact) mass is 447 g/mol. The third-order valence-electron chi connectivity index (χ3n) is 3.72. The summed E-state index contributed by atoms with van der Waals surface area (Å²) in [6.45, 7) is 1.11. The molecular weight excluding hydrogens is 418 g/mol. The largest absolute Gasteiger partial charge is 0.468 e. The first kappa shape index (κ1) is 27.0. The molecule has 4 N–H and O–H groups in total.